The minimum Gasteiger partial charge on any atom is -0.160 e. The first-order valence-electron chi connectivity index (χ1n) is 15.0. The van der Waals surface area contributed by atoms with Gasteiger partial charge >= 0.3 is 37.9 Å². The number of hydrogen-bond acceptors (Lipinski definition) is 0. The minimum atomic E-state index is -0.826. The van der Waals surface area contributed by atoms with Crippen molar-refractivity contribution in [2.75, 3.05) is 0 Å². The second-order valence-corrected chi connectivity index (χ2v) is 19.7. The number of benzene rings is 4. The number of halogens is 2. The molecule has 6 aromatic carbocycles. The van der Waals surface area contributed by atoms with Gasteiger partial charge in [-0.25, -0.2) is 0 Å². The van der Waals surface area contributed by atoms with E-state index in [9.17, 15) is 0 Å². The molecule has 0 amide bonds. The molecule has 0 fully saturated rings. The molecule has 43 heavy (non-hydrogen) atoms. The van der Waals surface area contributed by atoms with Crippen LogP contribution in [-0.4, -0.2) is 11.3 Å². The van der Waals surface area contributed by atoms with E-state index >= 15 is 0 Å². The largest absolute Gasteiger partial charge is 0.160 e. The maximum atomic E-state index is 4.93. The molecular weight excluding hydrogens is 680 g/mol. The molecule has 0 aliphatic carbocycles. The molecule has 0 bridgehead atoms. The summed E-state index contributed by atoms with van der Waals surface area (Å²) in [5, 5.41) is 11.3. The molecule has 0 radical (unpaired) electrons. The molecule has 2 unspecified atom stereocenters. The van der Waals surface area contributed by atoms with Gasteiger partial charge in [-0.05, 0) is 42.7 Å². The molecule has 0 aromatic heterocycles. The molecule has 0 spiro atoms. The van der Waals surface area contributed by atoms with E-state index in [0.29, 0.717) is 0 Å². The van der Waals surface area contributed by atoms with Gasteiger partial charge in [-0.3, -0.25) is 0 Å². The van der Waals surface area contributed by atoms with Crippen molar-refractivity contribution in [2.24, 2.45) is 0 Å². The zero-order valence-corrected chi connectivity index (χ0v) is 31.2. The smallest absolute Gasteiger partial charge is 0.0166 e. The second kappa shape index (κ2) is 17.8. The first-order valence-corrected chi connectivity index (χ1v) is 24.1. The van der Waals surface area contributed by atoms with E-state index in [4.69, 9.17) is 17.0 Å². The quantitative estimate of drug-likeness (QED) is 0.108. The molecule has 2 atom stereocenters. The summed E-state index contributed by atoms with van der Waals surface area (Å²) in [6, 6.07) is 48.6. The van der Waals surface area contributed by atoms with Crippen molar-refractivity contribution in [3.8, 4) is 0 Å². The van der Waals surface area contributed by atoms with Gasteiger partial charge in [-0.15, -0.1) is 80.7 Å². The fraction of sp³-hybridized carbons (Fsp3) is 0.211. The van der Waals surface area contributed by atoms with Gasteiger partial charge in [0.2, 0.25) is 0 Å². The average molecular weight is 721 g/mol. The summed E-state index contributed by atoms with van der Waals surface area (Å²) in [6.45, 7) is 9.50. The van der Waals surface area contributed by atoms with Crippen molar-refractivity contribution in [3.05, 3.63) is 133 Å². The molecule has 5 heteroatoms. The standard InChI is InChI=1S/C21H16P.C17H24P.2ClH.Zr/c1-3-11-19(12-4-1)22(20-13-5-2-6-14-20)21-15-17-9-7-8-10-18(17)16-21;1-5-13(3)18(14(4)6-2)17-11-15-9-7-8-10-16(15)12-17;;;/h1-16H;7-14H,5-6H2,1-4H3;2*1H;/q2*-1;;;+4/p-2. The summed E-state index contributed by atoms with van der Waals surface area (Å²) >= 11 is -0.826. The van der Waals surface area contributed by atoms with Crippen molar-refractivity contribution in [1.82, 2.24) is 0 Å². The van der Waals surface area contributed by atoms with Crippen LogP contribution in [0.3, 0.4) is 0 Å². The minimum absolute atomic E-state index is 0.0252. The molecule has 0 saturated carbocycles. The van der Waals surface area contributed by atoms with Crippen molar-refractivity contribution in [2.45, 2.75) is 51.9 Å². The van der Waals surface area contributed by atoms with Crippen molar-refractivity contribution in [1.29, 1.82) is 0 Å². The number of fused-ring (bicyclic) bond motifs is 2. The first-order chi connectivity index (χ1) is 21.0. The zero-order chi connectivity index (χ0) is 30.6. The van der Waals surface area contributed by atoms with Gasteiger partial charge in [0, 0.05) is 0 Å². The van der Waals surface area contributed by atoms with E-state index in [-0.39, 0.29) is 7.92 Å². The molecule has 0 aliphatic rings. The number of rotatable bonds is 8. The van der Waals surface area contributed by atoms with Gasteiger partial charge in [-0.1, -0.05) is 108 Å². The van der Waals surface area contributed by atoms with Crippen LogP contribution in [0.25, 0.3) is 21.5 Å². The van der Waals surface area contributed by atoms with Gasteiger partial charge < -0.3 is 0 Å². The summed E-state index contributed by atoms with van der Waals surface area (Å²) in [5.74, 6) is 0. The third-order valence-corrected chi connectivity index (χ3v) is 13.8. The average Bonchev–Trinajstić information content (AvgIpc) is 3.67. The van der Waals surface area contributed by atoms with E-state index < -0.39 is 28.8 Å². The summed E-state index contributed by atoms with van der Waals surface area (Å²) in [6.07, 6.45) is 2.58. The van der Waals surface area contributed by atoms with Crippen LogP contribution in [-0.2, 0) is 20.8 Å². The molecule has 0 heterocycles. The number of hydrogen-bond donors (Lipinski definition) is 0. The summed E-state index contributed by atoms with van der Waals surface area (Å²) in [4.78, 5) is 0. The Morgan fingerprint density at radius 3 is 1.37 bits per heavy atom. The first kappa shape index (κ1) is 34.3. The summed E-state index contributed by atoms with van der Waals surface area (Å²) in [7, 11) is 9.35. The van der Waals surface area contributed by atoms with Gasteiger partial charge in [0.05, 0.1) is 0 Å². The van der Waals surface area contributed by atoms with Crippen LogP contribution in [0.4, 0.5) is 0 Å². The predicted octanol–water partition coefficient (Wildman–Crippen LogP) is 11.0. The Morgan fingerprint density at radius 1 is 0.581 bits per heavy atom. The van der Waals surface area contributed by atoms with Gasteiger partial charge in [0.1, 0.15) is 0 Å². The van der Waals surface area contributed by atoms with Crippen LogP contribution < -0.4 is 21.2 Å². The third-order valence-electron chi connectivity index (χ3n) is 7.92. The molecule has 0 aliphatic heterocycles. The van der Waals surface area contributed by atoms with Crippen molar-refractivity contribution in [3.63, 3.8) is 0 Å². The van der Waals surface area contributed by atoms with Crippen molar-refractivity contribution >= 4 is 75.6 Å². The fourth-order valence-electron chi connectivity index (χ4n) is 5.48. The Morgan fingerprint density at radius 2 is 0.953 bits per heavy atom. The molecule has 0 N–H and O–H groups in total. The SMILES string of the molecule is CCC(C)P(c1cc2ccccc2[cH-]1)C(C)CC.[Cl][Zr+2][Cl].c1ccc(P(c2ccccc2)c2cc3ccccc3[cH-]2)cc1. The molecule has 0 saturated heterocycles. The Balaban J connectivity index is 0.000000184. The maximum absolute atomic E-state index is 4.93. The van der Waals surface area contributed by atoms with Gasteiger partial charge in [0.15, 0.2) is 0 Å². The Bertz CT molecular complexity index is 1530. The Labute approximate surface area is 279 Å². The van der Waals surface area contributed by atoms with Crippen LogP contribution >= 0.6 is 32.9 Å². The van der Waals surface area contributed by atoms with E-state index in [1.165, 1.54) is 50.3 Å². The topological polar surface area (TPSA) is 0 Å². The van der Waals surface area contributed by atoms with E-state index in [2.05, 4.69) is 161 Å². The third kappa shape index (κ3) is 9.23. The normalized spacial score (nSPS) is 12.9. The predicted molar refractivity (Wildman–Crippen MR) is 196 cm³/mol. The van der Waals surface area contributed by atoms with Crippen LogP contribution in [0.1, 0.15) is 40.5 Å². The molecule has 0 nitrogen and oxygen atoms in total. The molecule has 6 aromatic rings. The van der Waals surface area contributed by atoms with Crippen LogP contribution in [0.15, 0.2) is 133 Å². The van der Waals surface area contributed by atoms with E-state index in [1.807, 2.05) is 0 Å². The second-order valence-electron chi connectivity index (χ2n) is 10.7. The fourth-order valence-corrected chi connectivity index (χ4v) is 11.1. The summed E-state index contributed by atoms with van der Waals surface area (Å²) < 4.78 is 0. The maximum Gasteiger partial charge on any atom is -0.0166 e. The monoisotopic (exact) mass is 718 g/mol. The van der Waals surface area contributed by atoms with Gasteiger partial charge in [0.25, 0.3) is 0 Å². The Hall–Kier alpha value is -1.58. The van der Waals surface area contributed by atoms with Gasteiger partial charge in [-0.2, -0.15) is 12.1 Å². The van der Waals surface area contributed by atoms with Crippen molar-refractivity contribution < 1.29 is 20.8 Å². The Kier molecular flexibility index (Phi) is 14.2. The zero-order valence-electron chi connectivity index (χ0n) is 25.4. The molecule has 220 valence electrons. The van der Waals surface area contributed by atoms with Crippen LogP contribution in [0.5, 0.6) is 0 Å². The van der Waals surface area contributed by atoms with E-state index in [0.717, 1.165) is 11.3 Å². The van der Waals surface area contributed by atoms with Crippen LogP contribution in [0.2, 0.25) is 0 Å². The summed E-state index contributed by atoms with van der Waals surface area (Å²) in [5.41, 5.74) is 1.65. The van der Waals surface area contributed by atoms with Crippen LogP contribution in [0, 0.1) is 0 Å². The molecular formula is C38H40Cl2P2Zr. The van der Waals surface area contributed by atoms with E-state index in [1.54, 1.807) is 5.30 Å². The molecule has 6 rings (SSSR count).